The molecule has 0 saturated heterocycles. The highest BCUT2D eigenvalue weighted by Gasteiger charge is 2.06. The predicted octanol–water partition coefficient (Wildman–Crippen LogP) is 3.30. The quantitative estimate of drug-likeness (QED) is 0.442. The van der Waals surface area contributed by atoms with Crippen molar-refractivity contribution in [3.63, 3.8) is 0 Å². The second-order valence-corrected chi connectivity index (χ2v) is 2.92. The van der Waals surface area contributed by atoms with Crippen LogP contribution in [0.2, 0.25) is 0 Å². The molecule has 0 spiro atoms. The third kappa shape index (κ3) is 6.60. The third-order valence-electron chi connectivity index (χ3n) is 1.74. The lowest BCUT2D eigenvalue weighted by atomic mass is 10.00. The zero-order chi connectivity index (χ0) is 8.53. The summed E-state index contributed by atoms with van der Waals surface area (Å²) < 4.78 is 4.04. The normalized spacial score (nSPS) is 10.9. The molecule has 0 N–H and O–H groups in total. The van der Waals surface area contributed by atoms with E-state index in [0.717, 1.165) is 0 Å². The first-order valence-electron chi connectivity index (χ1n) is 4.25. The molecule has 0 aromatic rings. The van der Waals surface area contributed by atoms with Gasteiger partial charge in [-0.3, -0.25) is 0 Å². The van der Waals surface area contributed by atoms with Crippen molar-refractivity contribution in [1.82, 2.24) is 0 Å². The Kier molecular flexibility index (Phi) is 8.47. The first-order chi connectivity index (χ1) is 5.35. The van der Waals surface area contributed by atoms with Crippen LogP contribution in [0, 0.1) is 5.92 Å². The molecule has 0 bridgehead atoms. The molecule has 0 rings (SSSR count). The largest absolute Gasteiger partial charge is 0.218 e. The fourth-order valence-corrected chi connectivity index (χ4v) is 1.30. The number of hydrogen-bond acceptors (Lipinski definition) is 2. The summed E-state index contributed by atoms with van der Waals surface area (Å²) in [5, 5.41) is 0. The van der Waals surface area contributed by atoms with Crippen LogP contribution in [-0.2, 0) is 9.33 Å². The van der Waals surface area contributed by atoms with Gasteiger partial charge in [-0.2, -0.15) is 0 Å². The summed E-state index contributed by atoms with van der Waals surface area (Å²) in [5.74, 6) is 0.601. The number of halogens is 1. The Bertz CT molecular complexity index is 72.5. The Morgan fingerprint density at radius 2 is 1.73 bits per heavy atom. The maximum atomic E-state index is 4.92. The Hall–Kier alpha value is 0.210. The average Bonchev–Trinajstić information content (AvgIpc) is 2.01. The van der Waals surface area contributed by atoms with Crippen molar-refractivity contribution >= 4 is 11.9 Å². The minimum atomic E-state index is 0.601. The molecule has 0 atom stereocenters. The zero-order valence-corrected chi connectivity index (χ0v) is 8.06. The highest BCUT2D eigenvalue weighted by atomic mass is 35.5. The molecule has 68 valence electrons. The van der Waals surface area contributed by atoms with E-state index in [1.165, 1.54) is 25.7 Å². The van der Waals surface area contributed by atoms with Gasteiger partial charge in [-0.05, 0) is 18.8 Å². The minimum absolute atomic E-state index is 0.601. The van der Waals surface area contributed by atoms with Crippen LogP contribution in [0.25, 0.3) is 0 Å². The van der Waals surface area contributed by atoms with E-state index in [2.05, 4.69) is 23.2 Å². The highest BCUT2D eigenvalue weighted by Crippen LogP contribution is 2.13. The van der Waals surface area contributed by atoms with Crippen LogP contribution >= 0.6 is 11.9 Å². The van der Waals surface area contributed by atoms with Crippen molar-refractivity contribution in [3.8, 4) is 0 Å². The molecule has 0 aliphatic rings. The van der Waals surface area contributed by atoms with E-state index in [-0.39, 0.29) is 0 Å². The van der Waals surface area contributed by atoms with E-state index < -0.39 is 0 Å². The molecule has 0 aromatic heterocycles. The summed E-state index contributed by atoms with van der Waals surface area (Å²) in [4.78, 5) is 4.67. The van der Waals surface area contributed by atoms with Gasteiger partial charge in [0.15, 0.2) is 0 Å². The summed E-state index contributed by atoms with van der Waals surface area (Å²) in [5.41, 5.74) is 0. The van der Waals surface area contributed by atoms with Crippen LogP contribution in [0.5, 0.6) is 0 Å². The van der Waals surface area contributed by atoms with Crippen molar-refractivity contribution in [2.24, 2.45) is 5.92 Å². The van der Waals surface area contributed by atoms with E-state index in [1.807, 2.05) is 0 Å². The molecule has 0 radical (unpaired) electrons. The summed E-state index contributed by atoms with van der Waals surface area (Å²) >= 11 is 4.92. The fourth-order valence-electron chi connectivity index (χ4n) is 1.25. The van der Waals surface area contributed by atoms with Gasteiger partial charge >= 0.3 is 0 Å². The molecule has 0 aliphatic carbocycles. The maximum absolute atomic E-state index is 4.92. The number of rotatable bonds is 7. The van der Waals surface area contributed by atoms with E-state index in [1.54, 1.807) is 0 Å². The van der Waals surface area contributed by atoms with Gasteiger partial charge in [0.2, 0.25) is 0 Å². The second kappa shape index (κ2) is 8.31. The standard InChI is InChI=1S/C8H17ClO2/c1-3-5-8(6-4-2)7-10-11-9/h8H,3-7H2,1-2H3. The molecule has 0 saturated carbocycles. The molecule has 0 unspecified atom stereocenters. The summed E-state index contributed by atoms with van der Waals surface area (Å²) in [6, 6.07) is 0. The van der Waals surface area contributed by atoms with Crippen LogP contribution in [-0.4, -0.2) is 6.61 Å². The molecule has 3 heteroatoms. The molecule has 0 aromatic carbocycles. The summed E-state index contributed by atoms with van der Waals surface area (Å²) in [7, 11) is 0. The van der Waals surface area contributed by atoms with E-state index in [9.17, 15) is 0 Å². The van der Waals surface area contributed by atoms with E-state index in [4.69, 9.17) is 11.9 Å². The molecular weight excluding hydrogens is 164 g/mol. The average molecular weight is 181 g/mol. The molecule has 11 heavy (non-hydrogen) atoms. The van der Waals surface area contributed by atoms with Crippen molar-refractivity contribution in [2.45, 2.75) is 39.5 Å². The lowest BCUT2D eigenvalue weighted by Crippen LogP contribution is -2.07. The highest BCUT2D eigenvalue weighted by molar-refractivity contribution is 6.06. The third-order valence-corrected chi connectivity index (χ3v) is 1.83. The molecule has 0 amide bonds. The molecule has 0 aliphatic heterocycles. The topological polar surface area (TPSA) is 18.5 Å². The van der Waals surface area contributed by atoms with Crippen LogP contribution < -0.4 is 0 Å². The molecule has 0 fully saturated rings. The lowest BCUT2D eigenvalue weighted by Gasteiger charge is -2.12. The Labute approximate surface area is 73.9 Å². The zero-order valence-electron chi connectivity index (χ0n) is 7.31. The van der Waals surface area contributed by atoms with Gasteiger partial charge in [0.25, 0.3) is 0 Å². The SMILES string of the molecule is CCCC(CCC)COOCl. The van der Waals surface area contributed by atoms with Gasteiger partial charge in [0.1, 0.15) is 0 Å². The molecule has 0 heterocycles. The van der Waals surface area contributed by atoms with Crippen molar-refractivity contribution < 1.29 is 9.33 Å². The van der Waals surface area contributed by atoms with Crippen LogP contribution in [0.1, 0.15) is 39.5 Å². The van der Waals surface area contributed by atoms with Crippen LogP contribution in [0.3, 0.4) is 0 Å². The van der Waals surface area contributed by atoms with E-state index in [0.29, 0.717) is 12.5 Å². The van der Waals surface area contributed by atoms with Crippen molar-refractivity contribution in [1.29, 1.82) is 0 Å². The van der Waals surface area contributed by atoms with Crippen molar-refractivity contribution in [3.05, 3.63) is 0 Å². The van der Waals surface area contributed by atoms with E-state index >= 15 is 0 Å². The number of hydrogen-bond donors (Lipinski definition) is 0. The van der Waals surface area contributed by atoms with Crippen molar-refractivity contribution in [2.75, 3.05) is 6.61 Å². The fraction of sp³-hybridized carbons (Fsp3) is 1.00. The van der Waals surface area contributed by atoms with Gasteiger partial charge in [-0.15, -0.1) is 4.44 Å². The first kappa shape index (κ1) is 11.2. The first-order valence-corrected chi connectivity index (χ1v) is 4.56. The summed E-state index contributed by atoms with van der Waals surface area (Å²) in [6.45, 7) is 4.96. The van der Waals surface area contributed by atoms with Gasteiger partial charge in [-0.1, -0.05) is 26.7 Å². The molecule has 2 nitrogen and oxygen atoms in total. The Morgan fingerprint density at radius 3 is 2.09 bits per heavy atom. The Morgan fingerprint density at radius 1 is 1.18 bits per heavy atom. The van der Waals surface area contributed by atoms with Gasteiger partial charge in [0.05, 0.1) is 18.5 Å². The monoisotopic (exact) mass is 180 g/mol. The maximum Gasteiger partial charge on any atom is 0.0999 e. The smallest absolute Gasteiger partial charge is 0.0999 e. The molecular formula is C8H17ClO2. The second-order valence-electron chi connectivity index (χ2n) is 2.79. The Balaban J connectivity index is 3.34. The minimum Gasteiger partial charge on any atom is -0.218 e. The lowest BCUT2D eigenvalue weighted by molar-refractivity contribution is -0.213. The predicted molar refractivity (Wildman–Crippen MR) is 46.2 cm³/mol. The van der Waals surface area contributed by atoms with Gasteiger partial charge in [-0.25, -0.2) is 4.89 Å². The van der Waals surface area contributed by atoms with Gasteiger partial charge < -0.3 is 0 Å². The van der Waals surface area contributed by atoms with Gasteiger partial charge in [0, 0.05) is 0 Å². The van der Waals surface area contributed by atoms with Crippen LogP contribution in [0.15, 0.2) is 0 Å². The summed E-state index contributed by atoms with van der Waals surface area (Å²) in [6.07, 6.45) is 4.76. The van der Waals surface area contributed by atoms with Crippen LogP contribution in [0.4, 0.5) is 0 Å².